The predicted molar refractivity (Wildman–Crippen MR) is 58.8 cm³/mol. The maximum absolute atomic E-state index is 13.5. The Morgan fingerprint density at radius 1 is 1.06 bits per heavy atom. The molecular formula is C13H7F3O2. The van der Waals surface area contributed by atoms with Crippen LogP contribution >= 0.6 is 0 Å². The van der Waals surface area contributed by atoms with E-state index in [0.717, 1.165) is 0 Å². The van der Waals surface area contributed by atoms with Crippen molar-refractivity contribution in [2.45, 2.75) is 0 Å². The number of aromatic hydroxyl groups is 1. The lowest BCUT2D eigenvalue weighted by atomic mass is 10.0. The second kappa shape index (κ2) is 4.52. The van der Waals surface area contributed by atoms with Crippen LogP contribution in [0.4, 0.5) is 13.2 Å². The molecule has 0 atom stereocenters. The fourth-order valence-corrected chi connectivity index (χ4v) is 1.66. The summed E-state index contributed by atoms with van der Waals surface area (Å²) in [6.45, 7) is 0. The van der Waals surface area contributed by atoms with Gasteiger partial charge in [-0.05, 0) is 6.07 Å². The summed E-state index contributed by atoms with van der Waals surface area (Å²) >= 11 is 0. The second-order valence-electron chi connectivity index (χ2n) is 3.61. The lowest BCUT2D eigenvalue weighted by molar-refractivity contribution is 0.112. The molecule has 0 heterocycles. The van der Waals surface area contributed by atoms with Crippen molar-refractivity contribution in [1.82, 2.24) is 0 Å². The summed E-state index contributed by atoms with van der Waals surface area (Å²) in [6.07, 6.45) is 0.359. The van der Waals surface area contributed by atoms with Gasteiger partial charge in [0.05, 0.1) is 11.1 Å². The van der Waals surface area contributed by atoms with E-state index in [9.17, 15) is 23.1 Å². The minimum absolute atomic E-state index is 0.101. The molecule has 0 saturated carbocycles. The van der Waals surface area contributed by atoms with E-state index in [1.165, 1.54) is 18.2 Å². The number of hydrogen-bond acceptors (Lipinski definition) is 2. The van der Waals surface area contributed by atoms with Crippen LogP contribution in [0.2, 0.25) is 0 Å². The number of halogens is 3. The van der Waals surface area contributed by atoms with E-state index in [-0.39, 0.29) is 11.1 Å². The standard InChI is InChI=1S/C13H7F3O2/c14-8-4-10(15)12(11(16)5-8)9-3-1-2-7(6-17)13(9)18/h1-6,18H. The number of aldehydes is 1. The van der Waals surface area contributed by atoms with Crippen molar-refractivity contribution >= 4 is 6.29 Å². The van der Waals surface area contributed by atoms with Crippen molar-refractivity contribution in [3.8, 4) is 16.9 Å². The molecule has 5 heteroatoms. The van der Waals surface area contributed by atoms with Gasteiger partial charge in [-0.2, -0.15) is 0 Å². The quantitative estimate of drug-likeness (QED) is 0.833. The first kappa shape index (κ1) is 12.2. The summed E-state index contributed by atoms with van der Waals surface area (Å²) in [5.74, 6) is -3.90. The molecule has 0 saturated heterocycles. The number of phenolic OH excluding ortho intramolecular Hbond substituents is 1. The first-order valence-corrected chi connectivity index (χ1v) is 4.96. The Morgan fingerprint density at radius 2 is 1.67 bits per heavy atom. The van der Waals surface area contributed by atoms with Gasteiger partial charge in [0.15, 0.2) is 6.29 Å². The van der Waals surface area contributed by atoms with Crippen LogP contribution in [0, 0.1) is 17.5 Å². The van der Waals surface area contributed by atoms with Gasteiger partial charge < -0.3 is 5.11 Å². The third-order valence-corrected chi connectivity index (χ3v) is 2.47. The van der Waals surface area contributed by atoms with Gasteiger partial charge in [0.25, 0.3) is 0 Å². The molecule has 2 aromatic carbocycles. The van der Waals surface area contributed by atoms with Crippen molar-refractivity contribution in [1.29, 1.82) is 0 Å². The molecule has 0 unspecified atom stereocenters. The Morgan fingerprint density at radius 3 is 2.22 bits per heavy atom. The van der Waals surface area contributed by atoms with E-state index in [2.05, 4.69) is 0 Å². The highest BCUT2D eigenvalue weighted by atomic mass is 19.1. The molecule has 2 rings (SSSR count). The molecular weight excluding hydrogens is 245 g/mol. The SMILES string of the molecule is O=Cc1cccc(-c2c(F)cc(F)cc2F)c1O. The normalized spacial score (nSPS) is 10.4. The van der Waals surface area contributed by atoms with Gasteiger partial charge in [0.2, 0.25) is 0 Å². The Bertz CT molecular complexity index is 601. The van der Waals surface area contributed by atoms with E-state index in [1.54, 1.807) is 0 Å². The molecule has 1 N–H and O–H groups in total. The lowest BCUT2D eigenvalue weighted by Gasteiger charge is -2.09. The molecule has 0 aliphatic rings. The Kier molecular flexibility index (Phi) is 3.06. The van der Waals surface area contributed by atoms with Crippen LogP contribution in [0.3, 0.4) is 0 Å². The Labute approximate surface area is 100 Å². The highest BCUT2D eigenvalue weighted by Gasteiger charge is 2.18. The van der Waals surface area contributed by atoms with Gasteiger partial charge in [-0.3, -0.25) is 4.79 Å². The van der Waals surface area contributed by atoms with Crippen LogP contribution in [0.1, 0.15) is 10.4 Å². The van der Waals surface area contributed by atoms with Crippen molar-refractivity contribution in [3.63, 3.8) is 0 Å². The second-order valence-corrected chi connectivity index (χ2v) is 3.61. The Hall–Kier alpha value is -2.30. The van der Waals surface area contributed by atoms with Crippen LogP contribution in [0.25, 0.3) is 11.1 Å². The number of rotatable bonds is 2. The zero-order valence-electron chi connectivity index (χ0n) is 8.95. The monoisotopic (exact) mass is 252 g/mol. The highest BCUT2D eigenvalue weighted by molar-refractivity contribution is 5.85. The summed E-state index contributed by atoms with van der Waals surface area (Å²) < 4.78 is 39.8. The first-order chi connectivity index (χ1) is 8.54. The van der Waals surface area contributed by atoms with Gasteiger partial charge in [0, 0.05) is 17.7 Å². The minimum atomic E-state index is -1.15. The Balaban J connectivity index is 2.73. The van der Waals surface area contributed by atoms with E-state index in [4.69, 9.17) is 0 Å². The molecule has 2 aromatic rings. The fraction of sp³-hybridized carbons (Fsp3) is 0. The molecule has 0 amide bonds. The van der Waals surface area contributed by atoms with Crippen LogP contribution in [-0.4, -0.2) is 11.4 Å². The van der Waals surface area contributed by atoms with Crippen LogP contribution in [-0.2, 0) is 0 Å². The zero-order valence-corrected chi connectivity index (χ0v) is 8.95. The molecule has 2 nitrogen and oxygen atoms in total. The van der Waals surface area contributed by atoms with Gasteiger partial charge in [-0.15, -0.1) is 0 Å². The largest absolute Gasteiger partial charge is 0.507 e. The molecule has 92 valence electrons. The number of para-hydroxylation sites is 1. The van der Waals surface area contributed by atoms with Crippen molar-refractivity contribution in [3.05, 3.63) is 53.3 Å². The van der Waals surface area contributed by atoms with Crippen molar-refractivity contribution in [2.75, 3.05) is 0 Å². The number of phenols is 1. The first-order valence-electron chi connectivity index (χ1n) is 4.96. The number of carbonyl (C=O) groups excluding carboxylic acids is 1. The summed E-state index contributed by atoms with van der Waals surface area (Å²) in [7, 11) is 0. The van der Waals surface area contributed by atoms with E-state index in [0.29, 0.717) is 18.4 Å². The summed E-state index contributed by atoms with van der Waals surface area (Å²) in [5.41, 5.74) is -0.872. The molecule has 0 fully saturated rings. The van der Waals surface area contributed by atoms with Crippen molar-refractivity contribution < 1.29 is 23.1 Å². The summed E-state index contributed by atoms with van der Waals surface area (Å²) in [5, 5.41) is 9.70. The summed E-state index contributed by atoms with van der Waals surface area (Å²) in [4.78, 5) is 10.6. The molecule has 0 aliphatic carbocycles. The van der Waals surface area contributed by atoms with Crippen molar-refractivity contribution in [2.24, 2.45) is 0 Å². The maximum Gasteiger partial charge on any atom is 0.153 e. The van der Waals surface area contributed by atoms with Gasteiger partial charge in [0.1, 0.15) is 23.2 Å². The van der Waals surface area contributed by atoms with E-state index in [1.807, 2.05) is 0 Å². The lowest BCUT2D eigenvalue weighted by Crippen LogP contribution is -1.94. The third kappa shape index (κ3) is 1.95. The minimum Gasteiger partial charge on any atom is -0.507 e. The summed E-state index contributed by atoms with van der Waals surface area (Å²) in [6, 6.07) is 4.91. The van der Waals surface area contributed by atoms with Crippen LogP contribution < -0.4 is 0 Å². The highest BCUT2D eigenvalue weighted by Crippen LogP contribution is 2.35. The maximum atomic E-state index is 13.5. The topological polar surface area (TPSA) is 37.3 Å². The molecule has 0 bridgehead atoms. The van der Waals surface area contributed by atoms with Gasteiger partial charge in [-0.1, -0.05) is 12.1 Å². The number of benzene rings is 2. The van der Waals surface area contributed by atoms with Gasteiger partial charge in [-0.25, -0.2) is 13.2 Å². The van der Waals surface area contributed by atoms with Gasteiger partial charge >= 0.3 is 0 Å². The van der Waals surface area contributed by atoms with Crippen LogP contribution in [0.15, 0.2) is 30.3 Å². The molecule has 18 heavy (non-hydrogen) atoms. The van der Waals surface area contributed by atoms with Crippen LogP contribution in [0.5, 0.6) is 5.75 Å². The molecule has 0 spiro atoms. The molecule has 0 radical (unpaired) electrons. The zero-order chi connectivity index (χ0) is 13.3. The average molecular weight is 252 g/mol. The fourth-order valence-electron chi connectivity index (χ4n) is 1.66. The number of carbonyl (C=O) groups is 1. The molecule has 0 aliphatic heterocycles. The predicted octanol–water partition coefficient (Wildman–Crippen LogP) is 3.29. The number of hydrogen-bond donors (Lipinski definition) is 1. The third-order valence-electron chi connectivity index (χ3n) is 2.47. The smallest absolute Gasteiger partial charge is 0.153 e. The average Bonchev–Trinajstić information content (AvgIpc) is 2.30. The van der Waals surface area contributed by atoms with E-state index >= 15 is 0 Å². The molecule has 0 aromatic heterocycles. The van der Waals surface area contributed by atoms with E-state index < -0.39 is 28.8 Å².